The van der Waals surface area contributed by atoms with Crippen LogP contribution in [0.15, 0.2) is 47.2 Å². The maximum Gasteiger partial charge on any atom is 0.250 e. The molecular weight excluding hydrogens is 531 g/mol. The number of amides is 1. The molecule has 2 aromatic rings. The number of nitrogens with zero attached hydrogens (tertiary/aromatic N) is 3. The molecule has 0 saturated heterocycles. The van der Waals surface area contributed by atoms with Crippen LogP contribution in [0, 0.1) is 17.7 Å². The van der Waals surface area contributed by atoms with E-state index in [0.717, 1.165) is 11.1 Å². The summed E-state index contributed by atoms with van der Waals surface area (Å²) in [7, 11) is 3.12. The van der Waals surface area contributed by atoms with Crippen molar-refractivity contribution in [1.29, 1.82) is 0 Å². The molecule has 0 spiro atoms. The van der Waals surface area contributed by atoms with Gasteiger partial charge in [0.05, 0.1) is 17.2 Å². The monoisotopic (exact) mass is 561 g/mol. The highest BCUT2D eigenvalue weighted by molar-refractivity contribution is 6.35. The number of rotatable bonds is 4. The Morgan fingerprint density at radius 1 is 1.20 bits per heavy atom. The molecule has 6 N–H and O–H groups in total. The van der Waals surface area contributed by atoms with E-state index in [9.17, 15) is 35.4 Å². The number of halogens is 1. The number of benzene rings is 2. The molecule has 0 aromatic heterocycles. The lowest BCUT2D eigenvalue weighted by atomic mass is 9.57. The van der Waals surface area contributed by atoms with Gasteiger partial charge in [-0.2, -0.15) is 0 Å². The summed E-state index contributed by atoms with van der Waals surface area (Å²) in [5.74, 6) is -6.61. The summed E-state index contributed by atoms with van der Waals surface area (Å²) in [6.07, 6.45) is -0.134. The summed E-state index contributed by atoms with van der Waals surface area (Å²) < 4.78 is 16.1. The van der Waals surface area contributed by atoms with E-state index in [4.69, 9.17) is 5.73 Å². The average molecular weight is 562 g/mol. The van der Waals surface area contributed by atoms with E-state index >= 15 is 4.39 Å². The van der Waals surface area contributed by atoms with Gasteiger partial charge in [-0.1, -0.05) is 24.3 Å². The lowest BCUT2D eigenvalue weighted by Gasteiger charge is -2.54. The molecular formula is C30H30FN4O6-. The normalized spacial score (nSPS) is 27.6. The van der Waals surface area contributed by atoms with Gasteiger partial charge in [0.25, 0.3) is 5.91 Å². The zero-order chi connectivity index (χ0) is 29.5. The van der Waals surface area contributed by atoms with E-state index in [1.807, 2.05) is 29.2 Å². The molecule has 10 nitrogen and oxygen atoms in total. The lowest BCUT2D eigenvalue weighted by molar-refractivity contribution is -0.138. The molecule has 41 heavy (non-hydrogen) atoms. The second-order valence-corrected chi connectivity index (χ2v) is 11.6. The summed E-state index contributed by atoms with van der Waals surface area (Å²) in [4.78, 5) is 29.5. The van der Waals surface area contributed by atoms with Gasteiger partial charge in [-0.05, 0) is 50.0 Å². The van der Waals surface area contributed by atoms with Crippen LogP contribution in [0.5, 0.6) is 5.75 Å². The molecule has 1 aliphatic heterocycles. The molecule has 1 saturated carbocycles. The van der Waals surface area contributed by atoms with Crippen LogP contribution in [-0.2, 0) is 35.6 Å². The quantitative estimate of drug-likeness (QED) is 0.378. The van der Waals surface area contributed by atoms with Crippen LogP contribution < -0.4 is 5.73 Å². The molecule has 1 heterocycles. The number of phenolic OH excluding ortho intramolecular Hbond substituents is 1. The molecule has 214 valence electrons. The van der Waals surface area contributed by atoms with Crippen LogP contribution in [0.1, 0.15) is 34.2 Å². The van der Waals surface area contributed by atoms with Crippen LogP contribution in [0.4, 0.5) is 4.39 Å². The van der Waals surface area contributed by atoms with Crippen LogP contribution in [-0.4, -0.2) is 73.4 Å². The van der Waals surface area contributed by atoms with E-state index in [-0.39, 0.29) is 41.6 Å². The maximum absolute atomic E-state index is 16.1. The van der Waals surface area contributed by atoms with Crippen molar-refractivity contribution in [2.45, 2.75) is 44.1 Å². The van der Waals surface area contributed by atoms with Crippen molar-refractivity contribution in [1.82, 2.24) is 9.80 Å². The van der Waals surface area contributed by atoms with Crippen LogP contribution >= 0.6 is 0 Å². The third-order valence-corrected chi connectivity index (χ3v) is 9.05. The standard InChI is InChI=1S/C30H30FN4O6/c1-34(2)24-18-8-15-7-17-21(25(37)20(15)28(39)30(18,41)27(32)22(26(24)38)29(33)40)19(36)9-16(23(17)31)12-35-10-13-5-3-4-6-14(13)11-35/h3-6,9,15,18,24,36-38,41H,7-8,10-12H2,1-2H3,(H2,33,40)/q-1/t15-,18-,24-,30+/m0/s1. The van der Waals surface area contributed by atoms with Crippen molar-refractivity contribution >= 4 is 23.2 Å². The van der Waals surface area contributed by atoms with Crippen molar-refractivity contribution in [2.75, 3.05) is 14.1 Å². The number of nitrogens with two attached hydrogens (primary N) is 1. The van der Waals surface area contributed by atoms with Crippen molar-refractivity contribution in [3.8, 4) is 5.75 Å². The number of carbonyl (C=O) groups excluding carboxylic acids is 2. The highest BCUT2D eigenvalue weighted by Crippen LogP contribution is 2.52. The molecule has 0 unspecified atom stereocenters. The minimum atomic E-state index is -2.69. The third-order valence-electron chi connectivity index (χ3n) is 9.05. The fraction of sp³-hybridized carbons (Fsp3) is 0.367. The Morgan fingerprint density at radius 3 is 2.41 bits per heavy atom. The molecule has 0 radical (unpaired) electrons. The largest absolute Gasteiger partial charge is 0.804 e. The second kappa shape index (κ2) is 9.23. The number of ketones is 1. The Balaban J connectivity index is 1.42. The summed E-state index contributed by atoms with van der Waals surface area (Å²) in [6.45, 7) is 1.46. The molecule has 6 rings (SSSR count). The zero-order valence-corrected chi connectivity index (χ0v) is 22.6. The Labute approximate surface area is 235 Å². The molecule has 3 aliphatic carbocycles. The molecule has 4 atom stereocenters. The maximum atomic E-state index is 16.1. The minimum absolute atomic E-state index is 0.0456. The van der Waals surface area contributed by atoms with Gasteiger partial charge in [0.2, 0.25) is 0 Å². The number of fused-ring (bicyclic) bond motifs is 4. The number of aliphatic hydroxyl groups is 3. The number of hydrogen-bond donors (Lipinski definition) is 5. The summed E-state index contributed by atoms with van der Waals surface area (Å²) >= 11 is 0. The predicted octanol–water partition coefficient (Wildman–Crippen LogP) is 2.06. The molecule has 1 fully saturated rings. The molecule has 11 heteroatoms. The first-order chi connectivity index (χ1) is 19.4. The van der Waals surface area contributed by atoms with Gasteiger partial charge < -0.3 is 31.6 Å². The highest BCUT2D eigenvalue weighted by Gasteiger charge is 2.60. The van der Waals surface area contributed by atoms with E-state index in [0.29, 0.717) is 13.1 Å². The van der Waals surface area contributed by atoms with Crippen molar-refractivity contribution in [3.05, 3.63) is 86.3 Å². The van der Waals surface area contributed by atoms with Gasteiger partial charge in [-0.3, -0.25) is 19.4 Å². The average Bonchev–Trinajstić information content (AvgIpc) is 3.31. The highest BCUT2D eigenvalue weighted by atomic mass is 19.1. The van der Waals surface area contributed by atoms with Gasteiger partial charge in [0.15, 0.2) is 5.78 Å². The third kappa shape index (κ3) is 3.76. The van der Waals surface area contributed by atoms with E-state index in [2.05, 4.69) is 0 Å². The fourth-order valence-corrected chi connectivity index (χ4v) is 7.25. The van der Waals surface area contributed by atoms with Crippen LogP contribution in [0.25, 0.3) is 11.2 Å². The minimum Gasteiger partial charge on any atom is -0.804 e. The Morgan fingerprint density at radius 2 is 1.83 bits per heavy atom. The Bertz CT molecular complexity index is 1590. The number of hydrogen-bond acceptors (Lipinski definition) is 8. The number of aromatic hydroxyl groups is 1. The van der Waals surface area contributed by atoms with Crippen molar-refractivity contribution < 1.29 is 34.4 Å². The number of aliphatic hydroxyl groups excluding tert-OH is 2. The summed E-state index contributed by atoms with van der Waals surface area (Å²) in [6, 6.07) is 8.07. The van der Waals surface area contributed by atoms with Crippen molar-refractivity contribution in [2.24, 2.45) is 17.6 Å². The number of Topliss-reactive ketones (excluding diaryl/α,β-unsaturated/α-hetero) is 1. The zero-order valence-electron chi connectivity index (χ0n) is 22.6. The molecule has 2 aromatic carbocycles. The molecule has 0 bridgehead atoms. The number of carbonyl (C=O) groups is 2. The van der Waals surface area contributed by atoms with Gasteiger partial charge in [0, 0.05) is 42.3 Å². The second-order valence-electron chi connectivity index (χ2n) is 11.6. The van der Waals surface area contributed by atoms with Crippen molar-refractivity contribution in [3.63, 3.8) is 0 Å². The number of likely N-dealkylation sites (N-methyl/N-ethyl adjacent to an activating group) is 1. The first-order valence-corrected chi connectivity index (χ1v) is 13.3. The summed E-state index contributed by atoms with van der Waals surface area (Å²) in [5, 5.41) is 55.7. The van der Waals surface area contributed by atoms with Crippen LogP contribution in [0.3, 0.4) is 0 Å². The van der Waals surface area contributed by atoms with E-state index in [1.165, 1.54) is 11.0 Å². The smallest absolute Gasteiger partial charge is 0.250 e. The fourth-order valence-electron chi connectivity index (χ4n) is 7.25. The lowest BCUT2D eigenvalue weighted by Crippen LogP contribution is -2.66. The number of phenols is 1. The predicted molar refractivity (Wildman–Crippen MR) is 147 cm³/mol. The first-order valence-electron chi connectivity index (χ1n) is 13.3. The van der Waals surface area contributed by atoms with Gasteiger partial charge in [0.1, 0.15) is 28.7 Å². The Hall–Kier alpha value is -4.06. The summed E-state index contributed by atoms with van der Waals surface area (Å²) in [5.41, 5.74) is 2.86. The van der Waals surface area contributed by atoms with Crippen LogP contribution in [0.2, 0.25) is 0 Å². The SMILES string of the molecule is CN(C)[C@@H]1C(O)=C(C(N)=O)C(=[N-])[C@@]2(O)C(=O)C3=C(O)c4c(O)cc(CN5Cc6ccccc6C5)c(F)c4C[C@H]3C[C@@H]12. The first kappa shape index (κ1) is 27.1. The molecule has 4 aliphatic rings. The molecule has 1 amide bonds. The topological polar surface area (TPSA) is 170 Å². The van der Waals surface area contributed by atoms with Gasteiger partial charge in [-0.25, -0.2) is 4.39 Å². The van der Waals surface area contributed by atoms with E-state index < -0.39 is 69.5 Å². The van der Waals surface area contributed by atoms with E-state index in [1.54, 1.807) is 14.1 Å². The van der Waals surface area contributed by atoms with Gasteiger partial charge >= 0.3 is 0 Å². The Kier molecular flexibility index (Phi) is 6.11. The number of primary amides is 1. The van der Waals surface area contributed by atoms with Gasteiger partial charge in [-0.15, -0.1) is 5.71 Å².